The Morgan fingerprint density at radius 2 is 1.49 bits per heavy atom. The number of halogens is 2. The van der Waals surface area contributed by atoms with Gasteiger partial charge in [-0.05, 0) is 43.2 Å². The van der Waals surface area contributed by atoms with Crippen LogP contribution in [0.3, 0.4) is 0 Å². The second-order valence-corrected chi connectivity index (χ2v) is 10.7. The van der Waals surface area contributed by atoms with E-state index in [9.17, 15) is 8.42 Å². The van der Waals surface area contributed by atoms with Gasteiger partial charge in [-0.2, -0.15) is 8.42 Å². The molecule has 37 heavy (non-hydrogen) atoms. The lowest BCUT2D eigenvalue weighted by Gasteiger charge is -2.11. The maximum atomic E-state index is 10.7. The van der Waals surface area contributed by atoms with E-state index in [-0.39, 0.29) is 15.7 Å². The number of hydrogen-bond acceptors (Lipinski definition) is 3. The van der Waals surface area contributed by atoms with Crippen molar-refractivity contribution in [1.29, 1.82) is 0 Å². The molecular formula is C29H26Cl2N2O3S. The van der Waals surface area contributed by atoms with Gasteiger partial charge in [0.15, 0.2) is 0 Å². The molecule has 0 saturated heterocycles. The lowest BCUT2D eigenvalue weighted by molar-refractivity contribution is 0.483. The fraction of sp³-hybridized carbons (Fsp3) is 0.103. The van der Waals surface area contributed by atoms with Crippen molar-refractivity contribution in [3.05, 3.63) is 107 Å². The number of aromatic nitrogens is 1. The van der Waals surface area contributed by atoms with E-state index in [1.165, 1.54) is 38.9 Å². The average Bonchev–Trinajstić information content (AvgIpc) is 3.21. The van der Waals surface area contributed by atoms with Crippen LogP contribution in [0, 0.1) is 6.92 Å². The molecule has 0 bridgehead atoms. The number of aryl methyl sites for hydroxylation is 2. The summed E-state index contributed by atoms with van der Waals surface area (Å²) < 4.78 is 32.5. The Morgan fingerprint density at radius 3 is 2.14 bits per heavy atom. The second kappa shape index (κ2) is 11.0. The zero-order valence-electron chi connectivity index (χ0n) is 20.3. The van der Waals surface area contributed by atoms with Crippen LogP contribution in [0.15, 0.2) is 95.9 Å². The van der Waals surface area contributed by atoms with Crippen LogP contribution in [0.2, 0.25) is 10.0 Å². The van der Waals surface area contributed by atoms with Crippen LogP contribution in [-0.2, 0) is 16.7 Å². The first-order valence-electron chi connectivity index (χ1n) is 11.6. The van der Waals surface area contributed by atoms with Gasteiger partial charge in [0.05, 0.1) is 21.4 Å². The molecule has 0 atom stereocenters. The molecule has 0 aliphatic rings. The first-order valence-corrected chi connectivity index (χ1v) is 13.8. The van der Waals surface area contributed by atoms with Gasteiger partial charge in [-0.1, -0.05) is 102 Å². The van der Waals surface area contributed by atoms with Gasteiger partial charge < -0.3 is 10.3 Å². The summed E-state index contributed by atoms with van der Waals surface area (Å²) in [6, 6.07) is 30.4. The lowest BCUT2D eigenvalue weighted by atomic mass is 9.97. The molecule has 0 radical (unpaired) electrons. The van der Waals surface area contributed by atoms with Gasteiger partial charge in [0, 0.05) is 23.0 Å². The van der Waals surface area contributed by atoms with E-state index in [1.807, 2.05) is 0 Å². The van der Waals surface area contributed by atoms with Crippen molar-refractivity contribution in [2.75, 3.05) is 5.73 Å². The van der Waals surface area contributed by atoms with E-state index >= 15 is 0 Å². The minimum absolute atomic E-state index is 0.0250. The molecule has 5 nitrogen and oxygen atoms in total. The van der Waals surface area contributed by atoms with Crippen LogP contribution < -0.4 is 5.73 Å². The molecule has 0 spiro atoms. The van der Waals surface area contributed by atoms with Crippen molar-refractivity contribution in [1.82, 2.24) is 4.57 Å². The molecule has 0 aliphatic carbocycles. The predicted octanol–water partition coefficient (Wildman–Crippen LogP) is 8.13. The highest BCUT2D eigenvalue weighted by atomic mass is 35.5. The quantitative estimate of drug-likeness (QED) is 0.174. The van der Waals surface area contributed by atoms with Crippen molar-refractivity contribution in [3.63, 3.8) is 0 Å². The van der Waals surface area contributed by atoms with Gasteiger partial charge in [-0.3, -0.25) is 4.55 Å². The third-order valence-electron chi connectivity index (χ3n) is 5.97. The van der Waals surface area contributed by atoms with E-state index in [2.05, 4.69) is 97.3 Å². The fourth-order valence-corrected chi connectivity index (χ4v) is 5.63. The summed E-state index contributed by atoms with van der Waals surface area (Å²) in [7, 11) is -4.34. The van der Waals surface area contributed by atoms with Crippen LogP contribution >= 0.6 is 23.2 Å². The summed E-state index contributed by atoms with van der Waals surface area (Å²) in [6.07, 6.45) is 0. The van der Waals surface area contributed by atoms with Crippen molar-refractivity contribution < 1.29 is 13.0 Å². The number of benzene rings is 4. The minimum Gasteiger partial charge on any atom is -0.397 e. The van der Waals surface area contributed by atoms with Gasteiger partial charge >= 0.3 is 0 Å². The Morgan fingerprint density at radius 1 is 0.838 bits per heavy atom. The number of nitrogens with zero attached hydrogens (tertiary/aromatic N) is 1. The van der Waals surface area contributed by atoms with E-state index in [4.69, 9.17) is 33.5 Å². The molecule has 3 N–H and O–H groups in total. The number of rotatable bonds is 4. The number of anilines is 1. The van der Waals surface area contributed by atoms with Crippen molar-refractivity contribution in [2.45, 2.75) is 25.3 Å². The lowest BCUT2D eigenvalue weighted by Crippen LogP contribution is -2.00. The average molecular weight is 554 g/mol. The number of nitrogen functional groups attached to an aromatic ring is 1. The Kier molecular flexibility index (Phi) is 7.95. The van der Waals surface area contributed by atoms with Crippen molar-refractivity contribution in [3.8, 4) is 22.4 Å². The van der Waals surface area contributed by atoms with Crippen LogP contribution in [0.25, 0.3) is 33.3 Å². The van der Waals surface area contributed by atoms with Crippen LogP contribution in [0.4, 0.5) is 5.69 Å². The monoisotopic (exact) mass is 552 g/mol. The molecule has 5 aromatic rings. The van der Waals surface area contributed by atoms with Gasteiger partial charge in [0.25, 0.3) is 10.1 Å². The van der Waals surface area contributed by atoms with Crippen molar-refractivity contribution in [2.24, 2.45) is 0 Å². The molecule has 0 fully saturated rings. The molecule has 1 heterocycles. The molecule has 190 valence electrons. The highest BCUT2D eigenvalue weighted by Gasteiger charge is 2.19. The van der Waals surface area contributed by atoms with Crippen LogP contribution in [0.5, 0.6) is 0 Å². The third kappa shape index (κ3) is 5.68. The molecule has 8 heteroatoms. The smallest absolute Gasteiger partial charge is 0.296 e. The van der Waals surface area contributed by atoms with E-state index < -0.39 is 15.0 Å². The summed E-state index contributed by atoms with van der Waals surface area (Å²) in [5.41, 5.74) is 13.3. The zero-order valence-corrected chi connectivity index (χ0v) is 22.6. The molecular weight excluding hydrogens is 527 g/mol. The molecule has 0 aliphatic heterocycles. The third-order valence-corrected chi connectivity index (χ3v) is 7.62. The largest absolute Gasteiger partial charge is 0.397 e. The minimum atomic E-state index is -4.34. The zero-order chi connectivity index (χ0) is 26.7. The summed E-state index contributed by atoms with van der Waals surface area (Å²) >= 11 is 11.0. The highest BCUT2D eigenvalue weighted by molar-refractivity contribution is 7.86. The molecule has 0 unspecified atom stereocenters. The second-order valence-electron chi connectivity index (χ2n) is 8.50. The predicted molar refractivity (Wildman–Crippen MR) is 154 cm³/mol. The Labute approximate surface area is 226 Å². The molecule has 0 amide bonds. The molecule has 0 saturated carbocycles. The molecule has 4 aromatic carbocycles. The Balaban J connectivity index is 0.000000209. The molecule has 5 rings (SSSR count). The first-order chi connectivity index (χ1) is 17.6. The molecule has 1 aromatic heterocycles. The topological polar surface area (TPSA) is 85.3 Å². The number of hydrogen-bond donors (Lipinski definition) is 2. The Hall–Kier alpha value is -3.29. The summed E-state index contributed by atoms with van der Waals surface area (Å²) in [6.45, 7) is 5.33. The standard InChI is InChI=1S/C23H21N.C6H5Cl2NO3S/c1-3-24-21-15-8-7-14-20(21)22(19-13-9-10-17(2)16-19)23(24)18-11-5-4-6-12-18;7-3-2-6(13(10,11)12)4(8)1-5(3)9/h4-16H,3H2,1-2H3;1-2H,9H2,(H,10,11,12). The van der Waals surface area contributed by atoms with E-state index in [1.54, 1.807) is 0 Å². The SMILES string of the molecule is CCn1c(-c2ccccc2)c(-c2cccc(C)c2)c2ccccc21.Nc1cc(Cl)c(S(=O)(=O)O)cc1Cl. The number of fused-ring (bicyclic) bond motifs is 1. The van der Waals surface area contributed by atoms with Crippen molar-refractivity contribution >= 4 is 49.9 Å². The summed E-state index contributed by atoms with van der Waals surface area (Å²) in [4.78, 5) is -0.451. The fourth-order valence-electron chi connectivity index (χ4n) is 4.36. The number of para-hydroxylation sites is 1. The maximum Gasteiger partial charge on any atom is 0.296 e. The van der Waals surface area contributed by atoms with E-state index in [0.717, 1.165) is 18.7 Å². The first kappa shape index (κ1) is 26.8. The van der Waals surface area contributed by atoms with Gasteiger partial charge in [0.1, 0.15) is 4.90 Å². The summed E-state index contributed by atoms with van der Waals surface area (Å²) in [5.74, 6) is 0. The van der Waals surface area contributed by atoms with Gasteiger partial charge in [-0.25, -0.2) is 0 Å². The van der Waals surface area contributed by atoms with Gasteiger partial charge in [0.2, 0.25) is 0 Å². The summed E-state index contributed by atoms with van der Waals surface area (Å²) in [5, 5.41) is 1.19. The van der Waals surface area contributed by atoms with Crippen LogP contribution in [0.1, 0.15) is 12.5 Å². The number of nitrogens with two attached hydrogens (primary N) is 1. The Bertz CT molecular complexity index is 1680. The van der Waals surface area contributed by atoms with E-state index in [0.29, 0.717) is 0 Å². The van der Waals surface area contributed by atoms with Crippen LogP contribution in [-0.4, -0.2) is 17.5 Å². The van der Waals surface area contributed by atoms with Gasteiger partial charge in [-0.15, -0.1) is 0 Å². The highest BCUT2D eigenvalue weighted by Crippen LogP contribution is 2.41. The normalized spacial score (nSPS) is 11.3. The maximum absolute atomic E-state index is 10.7.